The number of anilines is 1. The number of aliphatic hydroxyl groups excluding tert-OH is 1. The number of nitrogens with one attached hydrogen (secondary N) is 1. The Hall–Kier alpha value is -4.21. The zero-order chi connectivity index (χ0) is 30.4. The van der Waals surface area contributed by atoms with Crippen LogP contribution in [0.1, 0.15) is 60.9 Å². The number of fused-ring (bicyclic) bond motifs is 3. The number of nitrogens with zero attached hydrogens (tertiary/aromatic N) is 1. The number of hydrogen-bond donors (Lipinski definition) is 3. The molecular formula is C35H36N2O7. The summed E-state index contributed by atoms with van der Waals surface area (Å²) in [6.07, 6.45) is 4.55. The van der Waals surface area contributed by atoms with Gasteiger partial charge in [-0.3, -0.25) is 19.3 Å². The van der Waals surface area contributed by atoms with Gasteiger partial charge in [-0.15, -0.1) is 0 Å². The Morgan fingerprint density at radius 2 is 1.61 bits per heavy atom. The third kappa shape index (κ3) is 4.32. The minimum atomic E-state index is -1.62. The zero-order valence-electron chi connectivity index (χ0n) is 24.3. The third-order valence-corrected chi connectivity index (χ3v) is 10.1. The molecule has 0 aromatic heterocycles. The first-order chi connectivity index (χ1) is 21.5. The van der Waals surface area contributed by atoms with Gasteiger partial charge in [0, 0.05) is 5.69 Å². The molecule has 3 aromatic rings. The molecule has 0 unspecified atom stereocenters. The first-order valence-corrected chi connectivity index (χ1v) is 15.5. The third-order valence-electron chi connectivity index (χ3n) is 10.1. The van der Waals surface area contributed by atoms with Gasteiger partial charge in [0.2, 0.25) is 5.91 Å². The van der Waals surface area contributed by atoms with Gasteiger partial charge in [0.15, 0.2) is 0 Å². The number of para-hydroxylation sites is 1. The maximum atomic E-state index is 14.4. The van der Waals surface area contributed by atoms with E-state index in [1.54, 1.807) is 36.4 Å². The molecule has 228 valence electrons. The molecule has 3 aliphatic heterocycles. The van der Waals surface area contributed by atoms with E-state index in [1.165, 1.54) is 0 Å². The summed E-state index contributed by atoms with van der Waals surface area (Å²) in [4.78, 5) is 44.1. The van der Waals surface area contributed by atoms with Gasteiger partial charge in [-0.1, -0.05) is 79.9 Å². The Morgan fingerprint density at radius 3 is 2.32 bits per heavy atom. The molecule has 3 heterocycles. The Labute approximate surface area is 255 Å². The second-order valence-electron chi connectivity index (χ2n) is 12.3. The normalized spacial score (nSPS) is 30.0. The van der Waals surface area contributed by atoms with Crippen molar-refractivity contribution in [2.75, 3.05) is 18.5 Å². The summed E-state index contributed by atoms with van der Waals surface area (Å²) in [6.45, 7) is -0.00755. The fourth-order valence-corrected chi connectivity index (χ4v) is 8.40. The second-order valence-corrected chi connectivity index (χ2v) is 12.3. The highest BCUT2D eigenvalue weighted by Crippen LogP contribution is 2.64. The lowest BCUT2D eigenvalue weighted by Crippen LogP contribution is -2.56. The van der Waals surface area contributed by atoms with Crippen LogP contribution in [0, 0.1) is 11.8 Å². The lowest BCUT2D eigenvalue weighted by molar-refractivity contribution is -0.185. The molecule has 7 rings (SSSR count). The number of rotatable bonds is 7. The van der Waals surface area contributed by atoms with Crippen molar-refractivity contribution >= 4 is 23.5 Å². The number of aliphatic hydroxyl groups is 1. The SMILES string of the molecule is O=C1O[C@@H](C2CCCCC2)[C@@H](c2ccccc2)N2[C@@H](c3ccc(OCCO)cc3)[C@]3(C(=O)Nc4ccccc43)[C@@H](C(=O)O)[C@H]12. The highest BCUT2D eigenvalue weighted by atomic mass is 16.6. The van der Waals surface area contributed by atoms with Crippen molar-refractivity contribution in [3.63, 3.8) is 0 Å². The zero-order valence-corrected chi connectivity index (χ0v) is 24.3. The number of morpholine rings is 1. The molecule has 9 heteroatoms. The van der Waals surface area contributed by atoms with Crippen molar-refractivity contribution in [3.8, 4) is 5.75 Å². The van der Waals surface area contributed by atoms with E-state index in [0.717, 1.165) is 37.7 Å². The number of aliphatic carboxylic acids is 1. The van der Waals surface area contributed by atoms with Crippen molar-refractivity contribution in [1.82, 2.24) is 4.90 Å². The molecule has 3 aromatic carbocycles. The van der Waals surface area contributed by atoms with E-state index in [-0.39, 0.29) is 19.1 Å². The number of ether oxygens (including phenoxy) is 2. The van der Waals surface area contributed by atoms with Crippen molar-refractivity contribution in [2.24, 2.45) is 11.8 Å². The molecule has 2 saturated heterocycles. The fraction of sp³-hybridized carbons (Fsp3) is 0.400. The fourth-order valence-electron chi connectivity index (χ4n) is 8.40. The smallest absolute Gasteiger partial charge is 0.324 e. The number of esters is 1. The number of cyclic esters (lactones) is 1. The monoisotopic (exact) mass is 596 g/mol. The van der Waals surface area contributed by atoms with Gasteiger partial charge in [0.1, 0.15) is 35.8 Å². The maximum absolute atomic E-state index is 14.4. The number of carboxylic acids is 1. The highest BCUT2D eigenvalue weighted by Gasteiger charge is 2.74. The maximum Gasteiger partial charge on any atom is 0.324 e. The summed E-state index contributed by atoms with van der Waals surface area (Å²) in [5.74, 6) is -3.03. The van der Waals surface area contributed by atoms with Crippen LogP contribution in [0.5, 0.6) is 5.75 Å². The molecule has 1 aliphatic carbocycles. The molecule has 1 amide bonds. The molecule has 3 fully saturated rings. The van der Waals surface area contributed by atoms with Crippen molar-refractivity contribution in [3.05, 3.63) is 95.6 Å². The van der Waals surface area contributed by atoms with E-state index in [4.69, 9.17) is 9.47 Å². The molecule has 1 saturated carbocycles. The average molecular weight is 597 g/mol. The van der Waals surface area contributed by atoms with Crippen LogP contribution in [-0.4, -0.2) is 58.3 Å². The molecular weight excluding hydrogens is 560 g/mol. The molecule has 0 bridgehead atoms. The number of benzene rings is 3. The summed E-state index contributed by atoms with van der Waals surface area (Å²) in [5.41, 5.74) is 1.10. The van der Waals surface area contributed by atoms with Crippen molar-refractivity contribution < 1.29 is 34.1 Å². The molecule has 9 nitrogen and oxygen atoms in total. The van der Waals surface area contributed by atoms with Crippen molar-refractivity contribution in [1.29, 1.82) is 0 Å². The Kier molecular flexibility index (Phi) is 7.38. The van der Waals surface area contributed by atoms with Gasteiger partial charge < -0.3 is 25.0 Å². The predicted octanol–water partition coefficient (Wildman–Crippen LogP) is 4.62. The van der Waals surface area contributed by atoms with E-state index in [9.17, 15) is 24.6 Å². The van der Waals surface area contributed by atoms with Crippen LogP contribution in [0.2, 0.25) is 0 Å². The summed E-state index contributed by atoms with van der Waals surface area (Å²) in [6, 6.07) is 21.7. The van der Waals surface area contributed by atoms with Gasteiger partial charge in [-0.2, -0.15) is 0 Å². The van der Waals surface area contributed by atoms with E-state index >= 15 is 0 Å². The van der Waals surface area contributed by atoms with Crippen LogP contribution in [0.15, 0.2) is 78.9 Å². The van der Waals surface area contributed by atoms with Crippen LogP contribution in [0.3, 0.4) is 0 Å². The second kappa shape index (κ2) is 11.4. The topological polar surface area (TPSA) is 125 Å². The Bertz CT molecular complexity index is 1550. The molecule has 3 N–H and O–H groups in total. The summed E-state index contributed by atoms with van der Waals surface area (Å²) < 4.78 is 12.0. The lowest BCUT2D eigenvalue weighted by Gasteiger charge is -2.48. The number of carbonyl (C=O) groups excluding carboxylic acids is 2. The van der Waals surface area contributed by atoms with E-state index in [1.807, 2.05) is 47.4 Å². The molecule has 1 spiro atoms. The Morgan fingerprint density at radius 1 is 0.909 bits per heavy atom. The number of amides is 1. The average Bonchev–Trinajstić information content (AvgIpc) is 3.53. The van der Waals surface area contributed by atoms with Crippen LogP contribution in [0.25, 0.3) is 0 Å². The van der Waals surface area contributed by atoms with Gasteiger partial charge in [0.25, 0.3) is 0 Å². The van der Waals surface area contributed by atoms with Gasteiger partial charge in [-0.25, -0.2) is 0 Å². The molecule has 0 radical (unpaired) electrons. The minimum Gasteiger partial charge on any atom is -0.491 e. The van der Waals surface area contributed by atoms with Gasteiger partial charge >= 0.3 is 11.9 Å². The quantitative estimate of drug-likeness (QED) is 0.338. The molecule has 6 atom stereocenters. The number of hydrogen-bond acceptors (Lipinski definition) is 7. The van der Waals surface area contributed by atoms with Crippen molar-refractivity contribution in [2.45, 2.75) is 61.7 Å². The largest absolute Gasteiger partial charge is 0.491 e. The lowest BCUT2D eigenvalue weighted by atomic mass is 9.65. The van der Waals surface area contributed by atoms with E-state index in [0.29, 0.717) is 22.6 Å². The molecule has 4 aliphatic rings. The predicted molar refractivity (Wildman–Crippen MR) is 161 cm³/mol. The minimum absolute atomic E-state index is 0.110. The summed E-state index contributed by atoms with van der Waals surface area (Å²) >= 11 is 0. The standard InChI is InChI=1S/C35H36N2O7/c38-19-20-43-24-17-15-23(16-18-24)31-35(25-13-7-8-14-26(25)36-34(35)42)27(32(39)40)29-33(41)44-30(22-11-5-2-6-12-22)28(37(29)31)21-9-3-1-4-10-21/h1,3-4,7-10,13-18,22,27-31,38H,2,5-6,11-12,19-20H2,(H,36,42)(H,39,40)/t27-,28-,29-,30+,31+,35-/m1/s1. The van der Waals surface area contributed by atoms with Gasteiger partial charge in [0.05, 0.1) is 18.7 Å². The van der Waals surface area contributed by atoms with E-state index in [2.05, 4.69) is 5.32 Å². The first kappa shape index (κ1) is 28.6. The Balaban J connectivity index is 1.48. The van der Waals surface area contributed by atoms with Crippen LogP contribution in [0.4, 0.5) is 5.69 Å². The summed E-state index contributed by atoms with van der Waals surface area (Å²) in [5, 5.41) is 23.2. The summed E-state index contributed by atoms with van der Waals surface area (Å²) in [7, 11) is 0. The van der Waals surface area contributed by atoms with Crippen LogP contribution < -0.4 is 10.1 Å². The van der Waals surface area contributed by atoms with Crippen LogP contribution >= 0.6 is 0 Å². The number of carbonyl (C=O) groups is 3. The first-order valence-electron chi connectivity index (χ1n) is 15.5. The van der Waals surface area contributed by atoms with Gasteiger partial charge in [-0.05, 0) is 53.6 Å². The van der Waals surface area contributed by atoms with E-state index < -0.39 is 53.4 Å². The molecule has 44 heavy (non-hydrogen) atoms. The number of carboxylic acid groups (broad SMARTS) is 1. The highest BCUT2D eigenvalue weighted by molar-refractivity contribution is 6.11. The van der Waals surface area contributed by atoms with Crippen LogP contribution in [-0.2, 0) is 24.5 Å².